The lowest BCUT2D eigenvalue weighted by Gasteiger charge is -2.09. The summed E-state index contributed by atoms with van der Waals surface area (Å²) >= 11 is 1.59. The van der Waals surface area contributed by atoms with Crippen LogP contribution in [0.3, 0.4) is 0 Å². The molecule has 1 aromatic heterocycles. The number of aromatic nitrogens is 1. The molecule has 19 heavy (non-hydrogen) atoms. The molecule has 2 rings (SSSR count). The lowest BCUT2D eigenvalue weighted by atomic mass is 10.1. The van der Waals surface area contributed by atoms with Gasteiger partial charge in [0.15, 0.2) is 6.61 Å². The molecule has 0 aliphatic carbocycles. The van der Waals surface area contributed by atoms with Crippen LogP contribution in [0.15, 0.2) is 23.6 Å². The van der Waals surface area contributed by atoms with Crippen molar-refractivity contribution in [2.45, 2.75) is 6.92 Å². The monoisotopic (exact) mass is 277 g/mol. The van der Waals surface area contributed by atoms with Crippen LogP contribution in [0.1, 0.15) is 5.01 Å². The highest BCUT2D eigenvalue weighted by molar-refractivity contribution is 7.09. The highest BCUT2D eigenvalue weighted by Gasteiger charge is 2.07. The number of amides is 1. The van der Waals surface area contributed by atoms with E-state index in [1.807, 2.05) is 18.4 Å². The zero-order valence-electron chi connectivity index (χ0n) is 10.8. The van der Waals surface area contributed by atoms with E-state index in [2.05, 4.69) is 10.3 Å². The van der Waals surface area contributed by atoms with Gasteiger partial charge in [-0.1, -0.05) is 0 Å². The number of thiazole rings is 1. The van der Waals surface area contributed by atoms with Gasteiger partial charge in [-0.15, -0.1) is 11.3 Å². The normalized spacial score (nSPS) is 10.2. The van der Waals surface area contributed by atoms with Gasteiger partial charge in [0.2, 0.25) is 0 Å². The van der Waals surface area contributed by atoms with E-state index in [0.717, 1.165) is 16.3 Å². The zero-order chi connectivity index (χ0) is 13.8. The number of likely N-dealkylation sites (N-methyl/N-ethyl adjacent to an activating group) is 1. The van der Waals surface area contributed by atoms with Gasteiger partial charge >= 0.3 is 0 Å². The van der Waals surface area contributed by atoms with Crippen LogP contribution in [-0.2, 0) is 4.79 Å². The van der Waals surface area contributed by atoms with Gasteiger partial charge in [0, 0.05) is 18.0 Å². The maximum absolute atomic E-state index is 11.1. The Kier molecular flexibility index (Phi) is 4.01. The lowest BCUT2D eigenvalue weighted by Crippen LogP contribution is -2.25. The number of hydrogen-bond donors (Lipinski definition) is 2. The molecule has 0 aliphatic rings. The molecule has 1 heterocycles. The molecule has 6 heteroatoms. The Bertz CT molecular complexity index is 595. The molecule has 0 spiro atoms. The molecule has 0 saturated heterocycles. The Hall–Kier alpha value is -2.08. The predicted octanol–water partition coefficient (Wildman–Crippen LogP) is 1.83. The number of aryl methyl sites for hydroxylation is 1. The average molecular weight is 277 g/mol. The second kappa shape index (κ2) is 5.71. The topological polar surface area (TPSA) is 77.2 Å². The third kappa shape index (κ3) is 3.23. The highest BCUT2D eigenvalue weighted by Crippen LogP contribution is 2.29. The molecule has 0 aliphatic heterocycles. The maximum atomic E-state index is 11.1. The smallest absolute Gasteiger partial charge is 0.257 e. The standard InChI is InChI=1S/C13H15N3O2S/c1-8-16-11(7-19-8)9-3-4-12(10(14)5-9)18-6-13(17)15-2/h3-5,7H,6,14H2,1-2H3,(H,15,17). The number of rotatable bonds is 4. The Morgan fingerprint density at radius 1 is 1.53 bits per heavy atom. The number of nitrogens with two attached hydrogens (primary N) is 1. The number of nitrogen functional groups attached to an aromatic ring is 1. The van der Waals surface area contributed by atoms with E-state index in [1.165, 1.54) is 0 Å². The fourth-order valence-corrected chi connectivity index (χ4v) is 2.17. The van der Waals surface area contributed by atoms with Crippen molar-refractivity contribution in [3.8, 4) is 17.0 Å². The minimum absolute atomic E-state index is 0.0458. The fraction of sp³-hybridized carbons (Fsp3) is 0.231. The van der Waals surface area contributed by atoms with E-state index < -0.39 is 0 Å². The number of benzene rings is 1. The van der Waals surface area contributed by atoms with Crippen LogP contribution in [0.4, 0.5) is 5.69 Å². The van der Waals surface area contributed by atoms with Crippen molar-refractivity contribution in [1.82, 2.24) is 10.3 Å². The number of anilines is 1. The Balaban J connectivity index is 2.15. The summed E-state index contributed by atoms with van der Waals surface area (Å²) in [7, 11) is 1.56. The quantitative estimate of drug-likeness (QED) is 0.836. The van der Waals surface area contributed by atoms with Crippen molar-refractivity contribution >= 4 is 22.9 Å². The Labute approximate surface area is 115 Å². The number of nitrogens with zero attached hydrogens (tertiary/aromatic N) is 1. The van der Waals surface area contributed by atoms with Crippen molar-refractivity contribution in [2.24, 2.45) is 0 Å². The molecule has 1 aromatic carbocycles. The molecule has 2 aromatic rings. The van der Waals surface area contributed by atoms with Gasteiger partial charge in [-0.3, -0.25) is 4.79 Å². The number of hydrogen-bond acceptors (Lipinski definition) is 5. The van der Waals surface area contributed by atoms with Gasteiger partial charge < -0.3 is 15.8 Å². The number of carbonyl (C=O) groups excluding carboxylic acids is 1. The van der Waals surface area contributed by atoms with Gasteiger partial charge in [-0.2, -0.15) is 0 Å². The molecule has 0 saturated carbocycles. The molecule has 100 valence electrons. The summed E-state index contributed by atoms with van der Waals surface area (Å²) in [5.41, 5.74) is 8.24. The largest absolute Gasteiger partial charge is 0.482 e. The van der Waals surface area contributed by atoms with Crippen LogP contribution in [0.2, 0.25) is 0 Å². The summed E-state index contributed by atoms with van der Waals surface area (Å²) in [5, 5.41) is 5.47. The average Bonchev–Trinajstić information content (AvgIpc) is 2.83. The molecular weight excluding hydrogens is 262 g/mol. The summed E-state index contributed by atoms with van der Waals surface area (Å²) < 4.78 is 5.33. The second-order valence-corrected chi connectivity index (χ2v) is 5.03. The van der Waals surface area contributed by atoms with Crippen LogP contribution in [0, 0.1) is 6.92 Å². The van der Waals surface area contributed by atoms with E-state index in [9.17, 15) is 4.79 Å². The number of nitrogens with one attached hydrogen (secondary N) is 1. The van der Waals surface area contributed by atoms with Crippen molar-refractivity contribution in [2.75, 3.05) is 19.4 Å². The fourth-order valence-electron chi connectivity index (χ4n) is 1.55. The SMILES string of the molecule is CNC(=O)COc1ccc(-c2csc(C)n2)cc1N. The van der Waals surface area contributed by atoms with Crippen molar-refractivity contribution < 1.29 is 9.53 Å². The van der Waals surface area contributed by atoms with Crippen LogP contribution in [0.25, 0.3) is 11.3 Å². The number of carbonyl (C=O) groups is 1. The van der Waals surface area contributed by atoms with E-state index in [0.29, 0.717) is 11.4 Å². The minimum Gasteiger partial charge on any atom is -0.482 e. The Morgan fingerprint density at radius 3 is 2.89 bits per heavy atom. The van der Waals surface area contributed by atoms with Gasteiger partial charge in [-0.05, 0) is 25.1 Å². The summed E-state index contributed by atoms with van der Waals surface area (Å²) in [6.45, 7) is 1.91. The molecule has 0 unspecified atom stereocenters. The third-order valence-electron chi connectivity index (χ3n) is 2.56. The van der Waals surface area contributed by atoms with Crippen LogP contribution < -0.4 is 15.8 Å². The van der Waals surface area contributed by atoms with Crippen molar-refractivity contribution in [3.05, 3.63) is 28.6 Å². The molecule has 3 N–H and O–H groups in total. The van der Waals surface area contributed by atoms with E-state index in [4.69, 9.17) is 10.5 Å². The molecule has 1 amide bonds. The molecule has 0 atom stereocenters. The molecular formula is C13H15N3O2S. The predicted molar refractivity (Wildman–Crippen MR) is 76.3 cm³/mol. The van der Waals surface area contributed by atoms with E-state index >= 15 is 0 Å². The summed E-state index contributed by atoms with van der Waals surface area (Å²) in [6.07, 6.45) is 0. The minimum atomic E-state index is -0.196. The van der Waals surface area contributed by atoms with E-state index in [-0.39, 0.29) is 12.5 Å². The van der Waals surface area contributed by atoms with E-state index in [1.54, 1.807) is 30.5 Å². The molecule has 0 bridgehead atoms. The molecule has 0 fully saturated rings. The number of ether oxygens (including phenoxy) is 1. The highest BCUT2D eigenvalue weighted by atomic mass is 32.1. The van der Waals surface area contributed by atoms with Crippen molar-refractivity contribution in [1.29, 1.82) is 0 Å². The molecule has 5 nitrogen and oxygen atoms in total. The first kappa shape index (κ1) is 13.4. The lowest BCUT2D eigenvalue weighted by molar-refractivity contribution is -0.122. The Morgan fingerprint density at radius 2 is 2.32 bits per heavy atom. The van der Waals surface area contributed by atoms with Gasteiger partial charge in [0.05, 0.1) is 16.4 Å². The van der Waals surface area contributed by atoms with Crippen LogP contribution in [-0.4, -0.2) is 24.5 Å². The van der Waals surface area contributed by atoms with Gasteiger partial charge in [0.1, 0.15) is 5.75 Å². The second-order valence-electron chi connectivity index (χ2n) is 3.97. The van der Waals surface area contributed by atoms with Crippen molar-refractivity contribution in [3.63, 3.8) is 0 Å². The third-order valence-corrected chi connectivity index (χ3v) is 3.34. The first-order valence-corrected chi connectivity index (χ1v) is 6.63. The first-order chi connectivity index (χ1) is 9.10. The summed E-state index contributed by atoms with van der Waals surface area (Å²) in [6, 6.07) is 5.43. The van der Waals surface area contributed by atoms with Gasteiger partial charge in [0.25, 0.3) is 5.91 Å². The maximum Gasteiger partial charge on any atom is 0.257 e. The van der Waals surface area contributed by atoms with Crippen LogP contribution >= 0.6 is 11.3 Å². The van der Waals surface area contributed by atoms with Crippen LogP contribution in [0.5, 0.6) is 5.75 Å². The van der Waals surface area contributed by atoms with Gasteiger partial charge in [-0.25, -0.2) is 4.98 Å². The zero-order valence-corrected chi connectivity index (χ0v) is 11.6. The summed E-state index contributed by atoms with van der Waals surface area (Å²) in [5.74, 6) is 0.304. The first-order valence-electron chi connectivity index (χ1n) is 5.75. The molecule has 0 radical (unpaired) electrons. The summed E-state index contributed by atoms with van der Waals surface area (Å²) in [4.78, 5) is 15.5.